The van der Waals surface area contributed by atoms with E-state index in [-0.39, 0.29) is 11.5 Å². The van der Waals surface area contributed by atoms with E-state index >= 15 is 0 Å². The molecular formula is C17H14FNO3. The van der Waals surface area contributed by atoms with Gasteiger partial charge < -0.3 is 9.64 Å². The molecule has 0 N–H and O–H groups in total. The first-order valence-corrected chi connectivity index (χ1v) is 7.02. The summed E-state index contributed by atoms with van der Waals surface area (Å²) in [6, 6.07) is 12.3. The average Bonchev–Trinajstić information content (AvgIpc) is 2.94. The van der Waals surface area contributed by atoms with Crippen molar-refractivity contribution < 1.29 is 18.7 Å². The maximum absolute atomic E-state index is 13.5. The standard InChI is InChI=1S/C17H14FNO3/c18-15-5-2-1-4-14(15)17(21)22-13-9-7-12(8-10-13)19-11-3-6-16(19)20/h1-2,4-5,7-10H,3,6,11H2. The van der Waals surface area contributed by atoms with Crippen LogP contribution < -0.4 is 9.64 Å². The van der Waals surface area contributed by atoms with Crippen molar-refractivity contribution in [3.63, 3.8) is 0 Å². The largest absolute Gasteiger partial charge is 0.423 e. The van der Waals surface area contributed by atoms with Crippen LogP contribution in [0.4, 0.5) is 10.1 Å². The van der Waals surface area contributed by atoms with Gasteiger partial charge in [0, 0.05) is 18.7 Å². The molecule has 5 heteroatoms. The average molecular weight is 299 g/mol. The number of nitrogens with zero attached hydrogens (tertiary/aromatic N) is 1. The number of carbonyl (C=O) groups excluding carboxylic acids is 2. The molecule has 3 rings (SSSR count). The van der Waals surface area contributed by atoms with E-state index in [1.807, 2.05) is 0 Å². The van der Waals surface area contributed by atoms with Gasteiger partial charge in [-0.2, -0.15) is 0 Å². The molecule has 1 fully saturated rings. The Bertz CT molecular complexity index is 712. The fraction of sp³-hybridized carbons (Fsp3) is 0.176. The van der Waals surface area contributed by atoms with E-state index in [0.29, 0.717) is 18.7 Å². The molecule has 0 aromatic heterocycles. The van der Waals surface area contributed by atoms with Crippen LogP contribution in [0.5, 0.6) is 5.75 Å². The Kier molecular flexibility index (Phi) is 3.87. The number of ether oxygens (including phenoxy) is 1. The third-order valence-corrected chi connectivity index (χ3v) is 3.53. The Hall–Kier alpha value is -2.69. The number of halogens is 1. The fourth-order valence-corrected chi connectivity index (χ4v) is 2.40. The highest BCUT2D eigenvalue weighted by Gasteiger charge is 2.21. The molecule has 0 aliphatic carbocycles. The smallest absolute Gasteiger partial charge is 0.346 e. The van der Waals surface area contributed by atoms with Crippen LogP contribution in [0.15, 0.2) is 48.5 Å². The predicted molar refractivity (Wildman–Crippen MR) is 79.4 cm³/mol. The van der Waals surface area contributed by atoms with Gasteiger partial charge in [0.2, 0.25) is 5.91 Å². The van der Waals surface area contributed by atoms with Crippen molar-refractivity contribution in [1.82, 2.24) is 0 Å². The van der Waals surface area contributed by atoms with Crippen molar-refractivity contribution in [2.75, 3.05) is 11.4 Å². The lowest BCUT2D eigenvalue weighted by atomic mass is 10.2. The maximum atomic E-state index is 13.5. The first kappa shape index (κ1) is 14.3. The summed E-state index contributed by atoms with van der Waals surface area (Å²) >= 11 is 0. The summed E-state index contributed by atoms with van der Waals surface area (Å²) in [5.74, 6) is -0.963. The van der Waals surface area contributed by atoms with E-state index in [9.17, 15) is 14.0 Å². The van der Waals surface area contributed by atoms with Gasteiger partial charge in [-0.3, -0.25) is 4.79 Å². The van der Waals surface area contributed by atoms with Gasteiger partial charge in [0.1, 0.15) is 11.6 Å². The van der Waals surface area contributed by atoms with Crippen molar-refractivity contribution in [1.29, 1.82) is 0 Å². The third kappa shape index (κ3) is 2.83. The Balaban J connectivity index is 1.72. The summed E-state index contributed by atoms with van der Waals surface area (Å²) in [6.45, 7) is 0.702. The Morgan fingerprint density at radius 2 is 1.82 bits per heavy atom. The second kappa shape index (κ2) is 5.97. The van der Waals surface area contributed by atoms with E-state index in [1.165, 1.54) is 18.2 Å². The minimum absolute atomic E-state index is 0.0936. The monoisotopic (exact) mass is 299 g/mol. The lowest BCUT2D eigenvalue weighted by Crippen LogP contribution is -2.23. The Morgan fingerprint density at radius 1 is 1.09 bits per heavy atom. The maximum Gasteiger partial charge on any atom is 0.346 e. The van der Waals surface area contributed by atoms with Crippen LogP contribution in [0, 0.1) is 5.82 Å². The van der Waals surface area contributed by atoms with Crippen molar-refractivity contribution in [2.24, 2.45) is 0 Å². The van der Waals surface area contributed by atoms with Crippen molar-refractivity contribution in [3.05, 3.63) is 59.9 Å². The summed E-state index contributed by atoms with van der Waals surface area (Å²) in [6.07, 6.45) is 1.41. The van der Waals surface area contributed by atoms with Crippen LogP contribution in [-0.4, -0.2) is 18.4 Å². The molecule has 4 nitrogen and oxygen atoms in total. The second-order valence-corrected chi connectivity index (χ2v) is 5.01. The molecule has 0 radical (unpaired) electrons. The molecule has 0 bridgehead atoms. The van der Waals surface area contributed by atoms with Crippen molar-refractivity contribution in [3.8, 4) is 5.75 Å². The molecule has 0 saturated carbocycles. The highest BCUT2D eigenvalue weighted by atomic mass is 19.1. The molecule has 1 heterocycles. The molecule has 0 unspecified atom stereocenters. The van der Waals surface area contributed by atoms with Gasteiger partial charge >= 0.3 is 5.97 Å². The van der Waals surface area contributed by atoms with Gasteiger partial charge in [-0.15, -0.1) is 0 Å². The third-order valence-electron chi connectivity index (χ3n) is 3.53. The molecule has 1 amide bonds. The van der Waals surface area contributed by atoms with E-state index < -0.39 is 11.8 Å². The van der Waals surface area contributed by atoms with Gasteiger partial charge in [-0.1, -0.05) is 12.1 Å². The summed E-state index contributed by atoms with van der Waals surface area (Å²) in [4.78, 5) is 25.3. The van der Waals surface area contributed by atoms with E-state index in [0.717, 1.165) is 12.1 Å². The molecule has 0 atom stereocenters. The quantitative estimate of drug-likeness (QED) is 0.646. The number of carbonyl (C=O) groups is 2. The first-order valence-electron chi connectivity index (χ1n) is 7.02. The van der Waals surface area contributed by atoms with E-state index in [2.05, 4.69) is 0 Å². The lowest BCUT2D eigenvalue weighted by molar-refractivity contribution is -0.117. The van der Waals surface area contributed by atoms with Gasteiger partial charge in [0.25, 0.3) is 0 Å². The van der Waals surface area contributed by atoms with Gasteiger partial charge in [0.05, 0.1) is 5.56 Å². The van der Waals surface area contributed by atoms with Crippen molar-refractivity contribution in [2.45, 2.75) is 12.8 Å². The van der Waals surface area contributed by atoms with Crippen LogP contribution in [-0.2, 0) is 4.79 Å². The van der Waals surface area contributed by atoms with Crippen LogP contribution >= 0.6 is 0 Å². The first-order chi connectivity index (χ1) is 10.6. The number of amides is 1. The van der Waals surface area contributed by atoms with Crippen molar-refractivity contribution >= 4 is 17.6 Å². The molecule has 1 aliphatic heterocycles. The zero-order valence-electron chi connectivity index (χ0n) is 11.8. The molecule has 22 heavy (non-hydrogen) atoms. The lowest BCUT2D eigenvalue weighted by Gasteiger charge is -2.15. The number of benzene rings is 2. The summed E-state index contributed by atoms with van der Waals surface area (Å²) in [5, 5.41) is 0. The highest BCUT2D eigenvalue weighted by molar-refractivity contribution is 5.95. The fourth-order valence-electron chi connectivity index (χ4n) is 2.40. The zero-order chi connectivity index (χ0) is 15.5. The Morgan fingerprint density at radius 3 is 2.45 bits per heavy atom. The van der Waals surface area contributed by atoms with Crippen LogP contribution in [0.2, 0.25) is 0 Å². The Labute approximate surface area is 127 Å². The zero-order valence-corrected chi connectivity index (χ0v) is 11.8. The highest BCUT2D eigenvalue weighted by Crippen LogP contribution is 2.24. The number of hydrogen-bond donors (Lipinski definition) is 0. The summed E-state index contributed by atoms with van der Waals surface area (Å²) in [7, 11) is 0. The second-order valence-electron chi connectivity index (χ2n) is 5.01. The van der Waals surface area contributed by atoms with Crippen LogP contribution in [0.3, 0.4) is 0 Å². The number of esters is 1. The van der Waals surface area contributed by atoms with Gasteiger partial charge in [0.15, 0.2) is 0 Å². The van der Waals surface area contributed by atoms with Crippen LogP contribution in [0.1, 0.15) is 23.2 Å². The van der Waals surface area contributed by atoms with Gasteiger partial charge in [-0.25, -0.2) is 9.18 Å². The number of rotatable bonds is 3. The molecule has 112 valence electrons. The minimum atomic E-state index is -0.747. The molecular weight excluding hydrogens is 285 g/mol. The molecule has 0 spiro atoms. The summed E-state index contributed by atoms with van der Waals surface area (Å²) < 4.78 is 18.7. The molecule has 2 aromatic carbocycles. The molecule has 1 saturated heterocycles. The number of hydrogen-bond acceptors (Lipinski definition) is 3. The number of anilines is 1. The van der Waals surface area contributed by atoms with E-state index in [1.54, 1.807) is 35.2 Å². The normalized spacial score (nSPS) is 14.2. The minimum Gasteiger partial charge on any atom is -0.423 e. The van der Waals surface area contributed by atoms with Crippen LogP contribution in [0.25, 0.3) is 0 Å². The summed E-state index contributed by atoms with van der Waals surface area (Å²) in [5.41, 5.74) is 0.662. The predicted octanol–water partition coefficient (Wildman–Crippen LogP) is 3.17. The topological polar surface area (TPSA) is 46.6 Å². The SMILES string of the molecule is O=C(Oc1ccc(N2CCCC2=O)cc1)c1ccccc1F. The van der Waals surface area contributed by atoms with Gasteiger partial charge in [-0.05, 0) is 42.8 Å². The molecule has 2 aromatic rings. The molecule has 1 aliphatic rings. The van der Waals surface area contributed by atoms with E-state index in [4.69, 9.17) is 4.74 Å².